The van der Waals surface area contributed by atoms with Crippen LogP contribution in [0.3, 0.4) is 0 Å². The van der Waals surface area contributed by atoms with Crippen LogP contribution in [0.25, 0.3) is 44.1 Å². The van der Waals surface area contributed by atoms with Crippen molar-refractivity contribution >= 4 is 74.2 Å². The van der Waals surface area contributed by atoms with Gasteiger partial charge in [0, 0.05) is 85.6 Å². The van der Waals surface area contributed by atoms with Gasteiger partial charge in [-0.25, -0.2) is 18.4 Å². The fourth-order valence-corrected chi connectivity index (χ4v) is 8.63. The number of nitrogens with two attached hydrogens (primary N) is 1. The molecule has 7 aromatic carbocycles. The third kappa shape index (κ3) is 9.26. The molecule has 0 saturated heterocycles. The summed E-state index contributed by atoms with van der Waals surface area (Å²) >= 11 is 12.4. The van der Waals surface area contributed by atoms with E-state index in [-0.39, 0.29) is 53.5 Å². The van der Waals surface area contributed by atoms with Gasteiger partial charge in [0.2, 0.25) is 5.91 Å². The largest absolute Gasteiger partial charge is 0.477 e. The first-order chi connectivity index (χ1) is 31.8. The van der Waals surface area contributed by atoms with Crippen LogP contribution in [0, 0.1) is 11.6 Å². The van der Waals surface area contributed by atoms with Crippen molar-refractivity contribution in [2.45, 2.75) is 19.5 Å². The van der Waals surface area contributed by atoms with E-state index in [9.17, 15) is 33.4 Å². The van der Waals surface area contributed by atoms with Crippen molar-refractivity contribution in [3.63, 3.8) is 0 Å². The molecule has 0 saturated carbocycles. The molecule has 66 heavy (non-hydrogen) atoms. The molecular weight excluding hydrogens is 882 g/mol. The molecule has 13 heteroatoms. The lowest BCUT2D eigenvalue weighted by Gasteiger charge is -2.17. The second kappa shape index (κ2) is 19.2. The maximum Gasteiger partial charge on any atom is 0.353 e. The number of aromatic carboxylic acids is 2. The van der Waals surface area contributed by atoms with Crippen molar-refractivity contribution in [1.29, 1.82) is 0 Å². The molecular formula is C53H40Cl2F2N4O5. The predicted octanol–water partition coefficient (Wildman–Crippen LogP) is 12.5. The second-order valence-corrected chi connectivity index (χ2v) is 16.4. The Morgan fingerprint density at radius 1 is 0.561 bits per heavy atom. The first kappa shape index (κ1) is 44.9. The summed E-state index contributed by atoms with van der Waals surface area (Å²) in [4.78, 5) is 39.3. The molecule has 0 aliphatic heterocycles. The van der Waals surface area contributed by atoms with E-state index in [4.69, 9.17) is 28.9 Å². The number of likely N-dealkylation sites (N-methyl/N-ethyl adjacent to an activating group) is 1. The molecule has 0 radical (unpaired) electrons. The molecule has 2 heterocycles. The van der Waals surface area contributed by atoms with Crippen molar-refractivity contribution in [2.24, 2.45) is 0 Å². The monoisotopic (exact) mass is 920 g/mol. The third-order valence-corrected chi connectivity index (χ3v) is 11.7. The molecule has 9 rings (SSSR count). The summed E-state index contributed by atoms with van der Waals surface area (Å²) in [5, 5.41) is 22.3. The first-order valence-electron chi connectivity index (χ1n) is 20.6. The summed E-state index contributed by atoms with van der Waals surface area (Å²) in [6, 6.07) is 46.6. The Bertz CT molecular complexity index is 3310. The number of nitrogen functional groups attached to an aromatic ring is 1. The van der Waals surface area contributed by atoms with Gasteiger partial charge in [0.1, 0.15) is 23.0 Å². The highest BCUT2D eigenvalue weighted by Gasteiger charge is 2.27. The zero-order chi connectivity index (χ0) is 46.6. The van der Waals surface area contributed by atoms with Crippen LogP contribution in [-0.4, -0.2) is 44.2 Å². The van der Waals surface area contributed by atoms with Crippen molar-refractivity contribution in [3.05, 3.63) is 214 Å². The Balaban J connectivity index is 0.000000188. The van der Waals surface area contributed by atoms with Gasteiger partial charge >= 0.3 is 11.9 Å². The van der Waals surface area contributed by atoms with E-state index in [1.807, 2.05) is 66.7 Å². The number of carboxylic acid groups (broad SMARTS) is 2. The molecule has 9 nitrogen and oxygen atoms in total. The standard InChI is InChI=1S/C31H24ClFN2O3.C22H16ClFN2O2/c1-34(23-10-3-2-4-11-23)28(36)17-20-8-7-9-21(16-20)19-35-27-15-14-22(32)18-25(27)29(30(35)31(37)38)24-12-5-6-13-26(24)33;23-14-8-9-19-17(11-14)20(16-6-1-2-7-18(16)24)21(22(27)28)26(19)12-13-4-3-5-15(25)10-13/h2-16,18H,17,19H2,1H3,(H,37,38);1-11H,12,25H2,(H,27,28). The van der Waals surface area contributed by atoms with Gasteiger partial charge in [-0.15, -0.1) is 0 Å². The summed E-state index contributed by atoms with van der Waals surface area (Å²) in [7, 11) is 1.74. The molecule has 0 aliphatic carbocycles. The first-order valence-corrected chi connectivity index (χ1v) is 21.4. The number of fused-ring (bicyclic) bond motifs is 2. The van der Waals surface area contributed by atoms with Gasteiger partial charge in [-0.3, -0.25) is 4.79 Å². The number of para-hydroxylation sites is 1. The van der Waals surface area contributed by atoms with Gasteiger partial charge in [-0.1, -0.05) is 114 Å². The lowest BCUT2D eigenvalue weighted by Crippen LogP contribution is -2.27. The number of hydrogen-bond donors (Lipinski definition) is 3. The Morgan fingerprint density at radius 2 is 1.02 bits per heavy atom. The van der Waals surface area contributed by atoms with E-state index in [1.165, 1.54) is 12.1 Å². The van der Waals surface area contributed by atoms with E-state index in [0.717, 1.165) is 22.4 Å². The van der Waals surface area contributed by atoms with Gasteiger partial charge < -0.3 is 30.0 Å². The number of carboxylic acids is 2. The second-order valence-electron chi connectivity index (χ2n) is 15.5. The number of hydrogen-bond acceptors (Lipinski definition) is 4. The molecule has 330 valence electrons. The van der Waals surface area contributed by atoms with Crippen molar-refractivity contribution in [3.8, 4) is 22.3 Å². The normalized spacial score (nSPS) is 11.0. The predicted molar refractivity (Wildman–Crippen MR) is 258 cm³/mol. The summed E-state index contributed by atoms with van der Waals surface area (Å²) < 4.78 is 32.8. The zero-order valence-corrected chi connectivity index (χ0v) is 36.8. The molecule has 0 aliphatic rings. The molecule has 9 aromatic rings. The highest BCUT2D eigenvalue weighted by molar-refractivity contribution is 6.32. The van der Waals surface area contributed by atoms with Crippen LogP contribution in [-0.2, 0) is 24.3 Å². The molecule has 0 fully saturated rings. The van der Waals surface area contributed by atoms with E-state index < -0.39 is 23.6 Å². The van der Waals surface area contributed by atoms with Crippen LogP contribution in [0.15, 0.2) is 164 Å². The Hall–Kier alpha value is -7.73. The van der Waals surface area contributed by atoms with Gasteiger partial charge in [-0.2, -0.15) is 0 Å². The van der Waals surface area contributed by atoms with Crippen LogP contribution in [0.5, 0.6) is 0 Å². The minimum Gasteiger partial charge on any atom is -0.477 e. The molecule has 0 bridgehead atoms. The summed E-state index contributed by atoms with van der Waals surface area (Å²) in [5.74, 6) is -3.40. The maximum absolute atomic E-state index is 14.9. The van der Waals surface area contributed by atoms with Crippen molar-refractivity contribution < 1.29 is 33.4 Å². The number of aromatic nitrogens is 2. The summed E-state index contributed by atoms with van der Waals surface area (Å²) in [6.45, 7) is 0.490. The summed E-state index contributed by atoms with van der Waals surface area (Å²) in [5.41, 5.74) is 12.0. The van der Waals surface area contributed by atoms with E-state index in [2.05, 4.69) is 0 Å². The molecule has 0 atom stereocenters. The maximum atomic E-state index is 14.9. The number of carbonyl (C=O) groups is 3. The number of rotatable bonds is 11. The molecule has 0 spiro atoms. The van der Waals surface area contributed by atoms with Gasteiger partial charge in [0.05, 0.1) is 6.42 Å². The van der Waals surface area contributed by atoms with Crippen LogP contribution in [0.1, 0.15) is 37.7 Å². The SMILES string of the molecule is CN(C(=O)Cc1cccc(Cn2c(C(=O)O)c(-c3ccccc3F)c3cc(Cl)ccc32)c1)c1ccccc1.Nc1cccc(Cn2c(C(=O)O)c(-c3ccccc3F)c3cc(Cl)ccc32)c1. The number of amides is 1. The Labute approximate surface area is 388 Å². The zero-order valence-electron chi connectivity index (χ0n) is 35.3. The van der Waals surface area contributed by atoms with Crippen LogP contribution in [0.2, 0.25) is 10.0 Å². The molecule has 0 unspecified atom stereocenters. The quantitative estimate of drug-likeness (QED) is 0.111. The fraction of sp³-hybridized carbons (Fsp3) is 0.0755. The van der Waals surface area contributed by atoms with Gasteiger partial charge in [0.15, 0.2) is 0 Å². The third-order valence-electron chi connectivity index (χ3n) is 11.2. The van der Waals surface area contributed by atoms with Gasteiger partial charge in [-0.05, 0) is 89.5 Å². The Kier molecular flexibility index (Phi) is 13.0. The fourth-order valence-electron chi connectivity index (χ4n) is 8.28. The van der Waals surface area contributed by atoms with Crippen LogP contribution >= 0.6 is 23.2 Å². The number of carbonyl (C=O) groups excluding carboxylic acids is 1. The van der Waals surface area contributed by atoms with Crippen LogP contribution in [0.4, 0.5) is 20.2 Å². The molecule has 1 amide bonds. The highest BCUT2D eigenvalue weighted by Crippen LogP contribution is 2.40. The average Bonchev–Trinajstić information content (AvgIpc) is 3.78. The lowest BCUT2D eigenvalue weighted by atomic mass is 10.0. The minimum absolute atomic E-state index is 0.00444. The molecule has 4 N–H and O–H groups in total. The van der Waals surface area contributed by atoms with E-state index in [0.29, 0.717) is 43.1 Å². The smallest absolute Gasteiger partial charge is 0.353 e. The number of halogens is 4. The molecule has 2 aromatic heterocycles. The highest BCUT2D eigenvalue weighted by atomic mass is 35.5. The van der Waals surface area contributed by atoms with Gasteiger partial charge in [0.25, 0.3) is 0 Å². The number of benzene rings is 7. The Morgan fingerprint density at radius 3 is 1.50 bits per heavy atom. The van der Waals surface area contributed by atoms with Crippen molar-refractivity contribution in [2.75, 3.05) is 17.7 Å². The summed E-state index contributed by atoms with van der Waals surface area (Å²) in [6.07, 6.45) is 0.188. The topological polar surface area (TPSA) is 131 Å². The average molecular weight is 922 g/mol. The minimum atomic E-state index is -1.17. The lowest BCUT2D eigenvalue weighted by molar-refractivity contribution is -0.117. The van der Waals surface area contributed by atoms with E-state index >= 15 is 0 Å². The van der Waals surface area contributed by atoms with E-state index in [1.54, 1.807) is 106 Å². The van der Waals surface area contributed by atoms with Crippen molar-refractivity contribution in [1.82, 2.24) is 9.13 Å². The van der Waals surface area contributed by atoms with Crippen LogP contribution < -0.4 is 10.6 Å². The number of anilines is 2. The number of nitrogens with zero attached hydrogens (tertiary/aromatic N) is 3.